The molecule has 3 heterocycles. The summed E-state index contributed by atoms with van der Waals surface area (Å²) in [6.45, 7) is 0. The molecule has 4 aromatic rings. The Bertz CT molecular complexity index is 1100. The molecular weight excluding hydrogens is 414 g/mol. The summed E-state index contributed by atoms with van der Waals surface area (Å²) in [5.74, 6) is 3.52. The fraction of sp³-hybridized carbons (Fsp3) is 0.304. The smallest absolute Gasteiger partial charge is 0.213 e. The molecule has 0 amide bonds. The highest BCUT2D eigenvalue weighted by Gasteiger charge is 2.29. The molecule has 1 saturated carbocycles. The Balaban J connectivity index is 1.37. The number of rotatable bonds is 6. The molecule has 1 aliphatic carbocycles. The monoisotopic (exact) mass is 435 g/mol. The van der Waals surface area contributed by atoms with Gasteiger partial charge in [0.1, 0.15) is 23.5 Å². The number of ether oxygens (including phenoxy) is 1. The van der Waals surface area contributed by atoms with E-state index in [4.69, 9.17) is 20.9 Å². The Morgan fingerprint density at radius 2 is 1.81 bits per heavy atom. The molecule has 0 aliphatic heterocycles. The second kappa shape index (κ2) is 8.89. The summed E-state index contributed by atoms with van der Waals surface area (Å²) in [5.41, 5.74) is 0.991. The molecule has 1 aromatic carbocycles. The average Bonchev–Trinajstić information content (AvgIpc) is 3.46. The van der Waals surface area contributed by atoms with Gasteiger partial charge in [-0.05, 0) is 56.0 Å². The summed E-state index contributed by atoms with van der Waals surface area (Å²) in [6.07, 6.45) is 7.95. The normalized spacial score (nSPS) is 18.7. The molecule has 0 radical (unpaired) electrons. The first-order chi connectivity index (χ1) is 15.3. The molecule has 7 nitrogen and oxygen atoms in total. The van der Waals surface area contributed by atoms with Gasteiger partial charge in [0.2, 0.25) is 5.88 Å². The number of nitrogens with zero attached hydrogens (tertiary/aromatic N) is 5. The number of benzene rings is 1. The lowest BCUT2D eigenvalue weighted by atomic mass is 9.86. The van der Waals surface area contributed by atoms with Gasteiger partial charge < -0.3 is 9.26 Å². The van der Waals surface area contributed by atoms with Gasteiger partial charge in [0.15, 0.2) is 0 Å². The van der Waals surface area contributed by atoms with E-state index in [9.17, 15) is 0 Å². The van der Waals surface area contributed by atoms with E-state index < -0.39 is 0 Å². The number of halogens is 1. The van der Waals surface area contributed by atoms with Crippen LogP contribution >= 0.6 is 11.6 Å². The Kier molecular flexibility index (Phi) is 5.67. The maximum atomic E-state index is 6.12. The first kappa shape index (κ1) is 19.8. The quantitative estimate of drug-likeness (QED) is 0.424. The van der Waals surface area contributed by atoms with Gasteiger partial charge in [-0.15, -0.1) is 10.2 Å². The first-order valence-electron chi connectivity index (χ1n) is 10.4. The zero-order chi connectivity index (χ0) is 21.0. The molecule has 0 unspecified atom stereocenters. The van der Waals surface area contributed by atoms with Crippen molar-refractivity contribution in [3.05, 3.63) is 83.4 Å². The molecular formula is C23H22ClN5O2. The van der Waals surface area contributed by atoms with E-state index in [1.165, 1.54) is 0 Å². The third-order valence-corrected chi connectivity index (χ3v) is 5.88. The number of aromatic nitrogens is 5. The van der Waals surface area contributed by atoms with Gasteiger partial charge in [0.25, 0.3) is 0 Å². The maximum absolute atomic E-state index is 6.12. The van der Waals surface area contributed by atoms with Crippen LogP contribution in [0.5, 0.6) is 5.88 Å². The lowest BCUT2D eigenvalue weighted by Crippen LogP contribution is -2.25. The van der Waals surface area contributed by atoms with Crippen molar-refractivity contribution in [3.8, 4) is 11.6 Å². The van der Waals surface area contributed by atoms with Crippen molar-refractivity contribution in [1.82, 2.24) is 24.9 Å². The van der Waals surface area contributed by atoms with Gasteiger partial charge in [-0.1, -0.05) is 22.8 Å². The lowest BCUT2D eigenvalue weighted by Gasteiger charge is -2.28. The Hall–Kier alpha value is -3.19. The van der Waals surface area contributed by atoms with Crippen LogP contribution in [0.1, 0.15) is 49.0 Å². The molecule has 1 aliphatic rings. The molecule has 5 rings (SSSR count). The predicted molar refractivity (Wildman–Crippen MR) is 116 cm³/mol. The molecule has 0 N–H and O–H groups in total. The van der Waals surface area contributed by atoms with Gasteiger partial charge in [-0.25, -0.2) is 4.98 Å². The van der Waals surface area contributed by atoms with Gasteiger partial charge >= 0.3 is 0 Å². The van der Waals surface area contributed by atoms with Crippen molar-refractivity contribution in [2.45, 2.75) is 44.1 Å². The minimum Gasteiger partial charge on any atom is -0.474 e. The van der Waals surface area contributed by atoms with Crippen molar-refractivity contribution >= 4 is 11.6 Å². The minimum absolute atomic E-state index is 0.173. The van der Waals surface area contributed by atoms with Crippen molar-refractivity contribution in [2.75, 3.05) is 0 Å². The third kappa shape index (κ3) is 4.46. The zero-order valence-corrected chi connectivity index (χ0v) is 17.7. The van der Waals surface area contributed by atoms with Crippen molar-refractivity contribution in [2.24, 2.45) is 0 Å². The number of pyridine rings is 1. The van der Waals surface area contributed by atoms with Crippen LogP contribution < -0.4 is 4.74 Å². The maximum Gasteiger partial charge on any atom is 0.213 e. The third-order valence-electron chi connectivity index (χ3n) is 5.63. The number of hydrogen-bond acceptors (Lipinski definition) is 6. The van der Waals surface area contributed by atoms with Gasteiger partial charge in [0.05, 0.1) is 12.6 Å². The summed E-state index contributed by atoms with van der Waals surface area (Å²) in [5, 5.41) is 13.6. The van der Waals surface area contributed by atoms with Crippen LogP contribution in [0.25, 0.3) is 5.69 Å². The van der Waals surface area contributed by atoms with E-state index in [0.29, 0.717) is 23.2 Å². The molecule has 158 valence electrons. The summed E-state index contributed by atoms with van der Waals surface area (Å²) in [4.78, 5) is 4.28. The van der Waals surface area contributed by atoms with E-state index >= 15 is 0 Å². The van der Waals surface area contributed by atoms with Crippen molar-refractivity contribution in [1.29, 1.82) is 0 Å². The predicted octanol–water partition coefficient (Wildman–Crippen LogP) is 5.00. The summed E-state index contributed by atoms with van der Waals surface area (Å²) in [6, 6.07) is 15.3. The van der Waals surface area contributed by atoms with Crippen LogP contribution in [-0.2, 0) is 6.42 Å². The van der Waals surface area contributed by atoms with Crippen LogP contribution in [-0.4, -0.2) is 31.0 Å². The molecule has 0 saturated heterocycles. The van der Waals surface area contributed by atoms with Crippen LogP contribution in [0.3, 0.4) is 0 Å². The largest absolute Gasteiger partial charge is 0.474 e. The van der Waals surface area contributed by atoms with Crippen LogP contribution in [0.4, 0.5) is 0 Å². The molecule has 0 bridgehead atoms. The van der Waals surface area contributed by atoms with Crippen LogP contribution in [0.2, 0.25) is 5.02 Å². The van der Waals surface area contributed by atoms with Gasteiger partial charge in [-0.2, -0.15) is 0 Å². The molecule has 0 atom stereocenters. The van der Waals surface area contributed by atoms with Crippen LogP contribution in [0.15, 0.2) is 65.4 Å². The van der Waals surface area contributed by atoms with E-state index in [2.05, 4.69) is 24.9 Å². The van der Waals surface area contributed by atoms with Crippen molar-refractivity contribution in [3.63, 3.8) is 0 Å². The molecule has 8 heteroatoms. The molecule has 0 spiro atoms. The topological polar surface area (TPSA) is 78.9 Å². The lowest BCUT2D eigenvalue weighted by molar-refractivity contribution is 0.139. The highest BCUT2D eigenvalue weighted by molar-refractivity contribution is 6.30. The highest BCUT2D eigenvalue weighted by Crippen LogP contribution is 2.35. The second-order valence-electron chi connectivity index (χ2n) is 7.70. The van der Waals surface area contributed by atoms with E-state index in [1.807, 2.05) is 48.5 Å². The summed E-state index contributed by atoms with van der Waals surface area (Å²) < 4.78 is 13.5. The molecule has 3 aromatic heterocycles. The van der Waals surface area contributed by atoms with Gasteiger partial charge in [0, 0.05) is 35.0 Å². The average molecular weight is 436 g/mol. The van der Waals surface area contributed by atoms with E-state index in [-0.39, 0.29) is 6.10 Å². The first-order valence-corrected chi connectivity index (χ1v) is 10.8. The van der Waals surface area contributed by atoms with E-state index in [0.717, 1.165) is 48.8 Å². The number of hydrogen-bond donors (Lipinski definition) is 0. The van der Waals surface area contributed by atoms with E-state index in [1.54, 1.807) is 12.4 Å². The molecule has 31 heavy (non-hydrogen) atoms. The molecule has 1 fully saturated rings. The standard InChI is InChI=1S/C23H22ClN5O2/c24-17-6-8-18(9-7-17)29-21(15-20-12-14-26-31-20)27-28-23(29)16-4-10-19(11-5-16)30-22-3-1-2-13-25-22/h1-3,6-9,12-14,16,19H,4-5,10-11,15H2/t16-,19-. The van der Waals surface area contributed by atoms with Crippen molar-refractivity contribution < 1.29 is 9.26 Å². The van der Waals surface area contributed by atoms with Crippen LogP contribution in [0, 0.1) is 0 Å². The van der Waals surface area contributed by atoms with Gasteiger partial charge in [-0.3, -0.25) is 4.57 Å². The Morgan fingerprint density at radius 1 is 0.968 bits per heavy atom. The highest BCUT2D eigenvalue weighted by atomic mass is 35.5. The SMILES string of the molecule is Clc1ccc(-n2c(Cc3ccno3)nnc2[C@H]2CC[C@H](Oc3ccccn3)CC2)cc1. The Morgan fingerprint density at radius 3 is 2.52 bits per heavy atom. The Labute approximate surface area is 185 Å². The summed E-state index contributed by atoms with van der Waals surface area (Å²) in [7, 11) is 0. The fourth-order valence-electron chi connectivity index (χ4n) is 4.10. The summed E-state index contributed by atoms with van der Waals surface area (Å²) >= 11 is 6.12. The zero-order valence-electron chi connectivity index (χ0n) is 16.9. The fourth-order valence-corrected chi connectivity index (χ4v) is 4.22. The second-order valence-corrected chi connectivity index (χ2v) is 8.14. The minimum atomic E-state index is 0.173.